The van der Waals surface area contributed by atoms with E-state index in [9.17, 15) is 4.79 Å². The van der Waals surface area contributed by atoms with Crippen LogP contribution in [-0.4, -0.2) is 44.2 Å². The Morgan fingerprint density at radius 1 is 1.29 bits per heavy atom. The van der Waals surface area contributed by atoms with Gasteiger partial charge in [0.15, 0.2) is 0 Å². The molecule has 2 aliphatic rings. The van der Waals surface area contributed by atoms with Crippen LogP contribution in [0.2, 0.25) is 0 Å². The zero-order chi connectivity index (χ0) is 12.3. The Bertz CT molecular complexity index is 258. The topological polar surface area (TPSA) is 55.6 Å². The van der Waals surface area contributed by atoms with Crippen molar-refractivity contribution < 1.29 is 9.53 Å². The summed E-state index contributed by atoms with van der Waals surface area (Å²) in [6.07, 6.45) is 5.11. The largest absolute Gasteiger partial charge is 0.383 e. The number of carbonyl (C=O) groups is 1. The van der Waals surface area contributed by atoms with Crippen molar-refractivity contribution >= 4 is 5.91 Å². The first-order chi connectivity index (χ1) is 8.29. The maximum absolute atomic E-state index is 12.4. The minimum absolute atomic E-state index is 0.306. The van der Waals surface area contributed by atoms with Crippen LogP contribution >= 0.6 is 0 Å². The average molecular weight is 240 g/mol. The third-order valence-electron chi connectivity index (χ3n) is 4.22. The van der Waals surface area contributed by atoms with E-state index in [4.69, 9.17) is 10.5 Å². The van der Waals surface area contributed by atoms with Crippen LogP contribution < -0.4 is 5.73 Å². The van der Waals surface area contributed by atoms with E-state index in [0.29, 0.717) is 49.9 Å². The van der Waals surface area contributed by atoms with E-state index < -0.39 is 0 Å². The predicted molar refractivity (Wildman–Crippen MR) is 66.4 cm³/mol. The molecule has 0 aromatic heterocycles. The highest BCUT2D eigenvalue weighted by atomic mass is 16.5. The molecule has 2 fully saturated rings. The first-order valence-corrected chi connectivity index (χ1v) is 6.77. The van der Waals surface area contributed by atoms with E-state index in [2.05, 4.69) is 0 Å². The van der Waals surface area contributed by atoms with Crippen molar-refractivity contribution in [2.45, 2.75) is 25.7 Å². The zero-order valence-electron chi connectivity index (χ0n) is 10.7. The van der Waals surface area contributed by atoms with Crippen LogP contribution in [0.1, 0.15) is 25.7 Å². The molecule has 0 aromatic rings. The molecular formula is C13H24N2O2. The molecule has 0 spiro atoms. The van der Waals surface area contributed by atoms with Crippen molar-refractivity contribution in [3.8, 4) is 0 Å². The maximum atomic E-state index is 12.4. The number of nitrogens with zero attached hydrogens (tertiary/aromatic N) is 1. The standard InChI is InChI=1S/C13H24N2O2/c1-17-9-8-15(7-6-14)13(16)12-10-4-2-3-5-11(10)12/h10-12H,2-9,14H2,1H3. The molecule has 0 radical (unpaired) electrons. The Hall–Kier alpha value is -0.610. The zero-order valence-corrected chi connectivity index (χ0v) is 10.7. The second-order valence-corrected chi connectivity index (χ2v) is 5.24. The molecule has 0 aliphatic heterocycles. The first-order valence-electron chi connectivity index (χ1n) is 6.77. The van der Waals surface area contributed by atoms with E-state index in [1.165, 1.54) is 25.7 Å². The smallest absolute Gasteiger partial charge is 0.226 e. The lowest BCUT2D eigenvalue weighted by Gasteiger charge is -2.22. The second kappa shape index (κ2) is 5.83. The fraction of sp³-hybridized carbons (Fsp3) is 0.923. The first kappa shape index (κ1) is 12.8. The minimum atomic E-state index is 0.306. The summed E-state index contributed by atoms with van der Waals surface area (Å²) in [5, 5.41) is 0. The average Bonchev–Trinajstić information content (AvgIpc) is 3.08. The van der Waals surface area contributed by atoms with E-state index >= 15 is 0 Å². The number of rotatable bonds is 6. The van der Waals surface area contributed by atoms with Gasteiger partial charge in [0.25, 0.3) is 0 Å². The molecule has 98 valence electrons. The van der Waals surface area contributed by atoms with Crippen molar-refractivity contribution in [3.63, 3.8) is 0 Å². The number of nitrogens with two attached hydrogens (primary N) is 1. The van der Waals surface area contributed by atoms with Gasteiger partial charge in [0.1, 0.15) is 0 Å². The summed E-state index contributed by atoms with van der Waals surface area (Å²) in [5.41, 5.74) is 5.57. The number of fused-ring (bicyclic) bond motifs is 1. The van der Waals surface area contributed by atoms with Gasteiger partial charge in [-0.3, -0.25) is 4.79 Å². The fourth-order valence-electron chi connectivity index (χ4n) is 3.26. The van der Waals surface area contributed by atoms with E-state index in [0.717, 1.165) is 0 Å². The van der Waals surface area contributed by atoms with Crippen LogP contribution in [0.4, 0.5) is 0 Å². The summed E-state index contributed by atoms with van der Waals surface area (Å²) in [4.78, 5) is 14.3. The van der Waals surface area contributed by atoms with Crippen LogP contribution in [0.25, 0.3) is 0 Å². The molecule has 2 rings (SSSR count). The van der Waals surface area contributed by atoms with Crippen LogP contribution in [-0.2, 0) is 9.53 Å². The molecule has 0 heterocycles. The molecule has 0 aromatic carbocycles. The number of carbonyl (C=O) groups excluding carboxylic acids is 1. The van der Waals surface area contributed by atoms with Gasteiger partial charge < -0.3 is 15.4 Å². The van der Waals surface area contributed by atoms with Crippen LogP contribution in [0.3, 0.4) is 0 Å². The number of amides is 1. The highest BCUT2D eigenvalue weighted by molar-refractivity contribution is 5.82. The molecular weight excluding hydrogens is 216 g/mol. The van der Waals surface area contributed by atoms with Crippen LogP contribution in [0.5, 0.6) is 0 Å². The molecule has 1 amide bonds. The molecule has 0 saturated heterocycles. The molecule has 4 nitrogen and oxygen atoms in total. The number of hydrogen-bond acceptors (Lipinski definition) is 3. The lowest BCUT2D eigenvalue weighted by molar-refractivity contribution is -0.133. The van der Waals surface area contributed by atoms with E-state index in [1.807, 2.05) is 4.90 Å². The summed E-state index contributed by atoms with van der Waals surface area (Å²) < 4.78 is 5.05. The van der Waals surface area contributed by atoms with Crippen molar-refractivity contribution in [1.82, 2.24) is 4.90 Å². The number of methoxy groups -OCH3 is 1. The third kappa shape index (κ3) is 2.80. The fourth-order valence-corrected chi connectivity index (χ4v) is 3.26. The van der Waals surface area contributed by atoms with Crippen molar-refractivity contribution in [2.24, 2.45) is 23.5 Å². The molecule has 4 heteroatoms. The van der Waals surface area contributed by atoms with Crippen LogP contribution in [0, 0.1) is 17.8 Å². The van der Waals surface area contributed by atoms with Crippen molar-refractivity contribution in [3.05, 3.63) is 0 Å². The van der Waals surface area contributed by atoms with Gasteiger partial charge in [0.05, 0.1) is 6.61 Å². The summed E-state index contributed by atoms with van der Waals surface area (Å²) >= 11 is 0. The Morgan fingerprint density at radius 2 is 1.94 bits per heavy atom. The summed E-state index contributed by atoms with van der Waals surface area (Å²) in [6.45, 7) is 2.49. The number of hydrogen-bond donors (Lipinski definition) is 1. The maximum Gasteiger partial charge on any atom is 0.226 e. The van der Waals surface area contributed by atoms with Gasteiger partial charge in [-0.15, -0.1) is 0 Å². The van der Waals surface area contributed by atoms with Crippen molar-refractivity contribution in [2.75, 3.05) is 33.4 Å². The van der Waals surface area contributed by atoms with Gasteiger partial charge >= 0.3 is 0 Å². The lowest BCUT2D eigenvalue weighted by Crippen LogP contribution is -2.39. The molecule has 2 aliphatic carbocycles. The second-order valence-electron chi connectivity index (χ2n) is 5.24. The lowest BCUT2D eigenvalue weighted by atomic mass is 10.0. The Labute approximate surface area is 103 Å². The normalized spacial score (nSPS) is 30.8. The predicted octanol–water partition coefficient (Wildman–Crippen LogP) is 0.856. The number of ether oxygens (including phenoxy) is 1. The molecule has 0 bridgehead atoms. The SMILES string of the molecule is COCCN(CCN)C(=O)C1C2CCCCC21. The molecule has 17 heavy (non-hydrogen) atoms. The molecule has 2 N–H and O–H groups in total. The Kier molecular flexibility index (Phi) is 4.40. The van der Waals surface area contributed by atoms with Gasteiger partial charge in [0, 0.05) is 32.7 Å². The molecule has 2 unspecified atom stereocenters. The van der Waals surface area contributed by atoms with Gasteiger partial charge in [-0.25, -0.2) is 0 Å². The summed E-state index contributed by atoms with van der Waals surface area (Å²) in [7, 11) is 1.67. The van der Waals surface area contributed by atoms with Crippen molar-refractivity contribution in [1.29, 1.82) is 0 Å². The highest BCUT2D eigenvalue weighted by Crippen LogP contribution is 2.56. The van der Waals surface area contributed by atoms with Gasteiger partial charge in [0.2, 0.25) is 5.91 Å². The monoisotopic (exact) mass is 240 g/mol. The van der Waals surface area contributed by atoms with E-state index in [1.54, 1.807) is 7.11 Å². The molecule has 2 saturated carbocycles. The molecule has 2 atom stereocenters. The van der Waals surface area contributed by atoms with Crippen LogP contribution in [0.15, 0.2) is 0 Å². The van der Waals surface area contributed by atoms with Gasteiger partial charge in [-0.05, 0) is 24.7 Å². The highest BCUT2D eigenvalue weighted by Gasteiger charge is 2.55. The minimum Gasteiger partial charge on any atom is -0.383 e. The Balaban J connectivity index is 1.87. The quantitative estimate of drug-likeness (QED) is 0.749. The van der Waals surface area contributed by atoms with Gasteiger partial charge in [-0.2, -0.15) is 0 Å². The Morgan fingerprint density at radius 3 is 2.47 bits per heavy atom. The van der Waals surface area contributed by atoms with E-state index in [-0.39, 0.29) is 0 Å². The summed E-state index contributed by atoms with van der Waals surface area (Å²) in [6, 6.07) is 0. The summed E-state index contributed by atoms with van der Waals surface area (Å²) in [5.74, 6) is 1.99. The third-order valence-corrected chi connectivity index (χ3v) is 4.22. The van der Waals surface area contributed by atoms with Gasteiger partial charge in [-0.1, -0.05) is 12.8 Å².